The van der Waals surface area contributed by atoms with E-state index in [1.165, 1.54) is 12.8 Å². The van der Waals surface area contributed by atoms with Crippen molar-refractivity contribution in [1.29, 1.82) is 0 Å². The van der Waals surface area contributed by atoms with Crippen LogP contribution in [0.5, 0.6) is 0 Å². The molecule has 1 fully saturated rings. The first-order valence-corrected chi connectivity index (χ1v) is 6.94. The lowest BCUT2D eigenvalue weighted by atomic mass is 9.92. The average molecular weight is 262 g/mol. The van der Waals surface area contributed by atoms with E-state index in [2.05, 4.69) is 24.1 Å². The van der Waals surface area contributed by atoms with Crippen LogP contribution in [0, 0.1) is 11.3 Å². The summed E-state index contributed by atoms with van der Waals surface area (Å²) in [5.74, 6) is 1.20. The highest BCUT2D eigenvalue weighted by Crippen LogP contribution is 2.51. The maximum absolute atomic E-state index is 11.5. The first-order valence-electron chi connectivity index (χ1n) is 6.94. The van der Waals surface area contributed by atoms with E-state index in [4.69, 9.17) is 4.74 Å². The van der Waals surface area contributed by atoms with Gasteiger partial charge in [-0.25, -0.2) is 9.78 Å². The average Bonchev–Trinajstić information content (AvgIpc) is 3.18. The molecule has 19 heavy (non-hydrogen) atoms. The van der Waals surface area contributed by atoms with Crippen LogP contribution in [0.4, 0.5) is 5.82 Å². The van der Waals surface area contributed by atoms with Gasteiger partial charge in [-0.15, -0.1) is 0 Å². The van der Waals surface area contributed by atoms with Crippen LogP contribution in [0.3, 0.4) is 0 Å². The first-order chi connectivity index (χ1) is 9.07. The highest BCUT2D eigenvalue weighted by atomic mass is 16.5. The Kier molecular flexibility index (Phi) is 4.08. The molecule has 1 aliphatic rings. The second kappa shape index (κ2) is 5.59. The molecule has 0 spiro atoms. The van der Waals surface area contributed by atoms with Crippen LogP contribution in [0.2, 0.25) is 0 Å². The van der Waals surface area contributed by atoms with Gasteiger partial charge < -0.3 is 10.1 Å². The minimum Gasteiger partial charge on any atom is -0.462 e. The number of carbonyl (C=O) groups excluding carboxylic acids is 1. The molecule has 104 valence electrons. The minimum absolute atomic E-state index is 0.317. The number of aromatic nitrogens is 1. The fourth-order valence-electron chi connectivity index (χ4n) is 2.22. The zero-order valence-corrected chi connectivity index (χ0v) is 11.9. The van der Waals surface area contributed by atoms with Crippen LogP contribution < -0.4 is 5.32 Å². The van der Waals surface area contributed by atoms with Gasteiger partial charge in [0.15, 0.2) is 0 Å². The van der Waals surface area contributed by atoms with Crippen LogP contribution in [0.1, 0.15) is 44.0 Å². The molecule has 1 saturated carbocycles. The van der Waals surface area contributed by atoms with Crippen molar-refractivity contribution in [2.24, 2.45) is 11.3 Å². The van der Waals surface area contributed by atoms with Crippen molar-refractivity contribution in [1.82, 2.24) is 4.98 Å². The summed E-state index contributed by atoms with van der Waals surface area (Å²) in [6.45, 7) is 7.67. The summed E-state index contributed by atoms with van der Waals surface area (Å²) in [6, 6.07) is 3.59. The molecule has 0 bridgehead atoms. The molecular formula is C15H22N2O2. The maximum atomic E-state index is 11.5. The standard InChI is InChI=1S/C15H22N2O2/c1-4-19-14(18)12-5-6-13(16-9-12)17-10-15(7-8-15)11(2)3/h5-6,9,11H,4,7-8,10H2,1-3H3,(H,16,17). The lowest BCUT2D eigenvalue weighted by Crippen LogP contribution is -2.21. The molecule has 0 radical (unpaired) electrons. The van der Waals surface area contributed by atoms with Crippen molar-refractivity contribution >= 4 is 11.8 Å². The number of nitrogens with zero attached hydrogens (tertiary/aromatic N) is 1. The first kappa shape index (κ1) is 13.8. The summed E-state index contributed by atoms with van der Waals surface area (Å²) in [4.78, 5) is 15.8. The van der Waals surface area contributed by atoms with E-state index < -0.39 is 0 Å². The zero-order valence-electron chi connectivity index (χ0n) is 11.9. The molecule has 0 amide bonds. The molecule has 0 aliphatic heterocycles. The summed E-state index contributed by atoms with van der Waals surface area (Å²) in [7, 11) is 0. The Bertz CT molecular complexity index is 436. The lowest BCUT2D eigenvalue weighted by molar-refractivity contribution is 0.0526. The van der Waals surface area contributed by atoms with E-state index in [-0.39, 0.29) is 5.97 Å². The lowest BCUT2D eigenvalue weighted by Gasteiger charge is -2.20. The summed E-state index contributed by atoms with van der Waals surface area (Å²) in [6.07, 6.45) is 4.15. The van der Waals surface area contributed by atoms with Gasteiger partial charge >= 0.3 is 5.97 Å². The number of carbonyl (C=O) groups is 1. The Labute approximate surface area is 114 Å². The summed E-state index contributed by atoms with van der Waals surface area (Å²) < 4.78 is 4.92. The number of anilines is 1. The zero-order chi connectivity index (χ0) is 13.9. The molecular weight excluding hydrogens is 240 g/mol. The Hall–Kier alpha value is -1.58. The molecule has 1 heterocycles. The Morgan fingerprint density at radius 2 is 2.21 bits per heavy atom. The van der Waals surface area contributed by atoms with Gasteiger partial charge in [0.1, 0.15) is 5.82 Å². The van der Waals surface area contributed by atoms with Crippen molar-refractivity contribution in [3.63, 3.8) is 0 Å². The van der Waals surface area contributed by atoms with Gasteiger partial charge in [-0.2, -0.15) is 0 Å². The SMILES string of the molecule is CCOC(=O)c1ccc(NCC2(C(C)C)CC2)nc1. The Balaban J connectivity index is 1.90. The van der Waals surface area contributed by atoms with Gasteiger partial charge in [-0.1, -0.05) is 13.8 Å². The normalized spacial score (nSPS) is 16.2. The number of pyridine rings is 1. The molecule has 0 saturated heterocycles. The van der Waals surface area contributed by atoms with Crippen LogP contribution in [0.25, 0.3) is 0 Å². The number of hydrogen-bond donors (Lipinski definition) is 1. The molecule has 1 N–H and O–H groups in total. The third-order valence-electron chi connectivity index (χ3n) is 4.01. The van der Waals surface area contributed by atoms with Gasteiger partial charge in [-0.3, -0.25) is 0 Å². The van der Waals surface area contributed by atoms with Gasteiger partial charge in [0.05, 0.1) is 12.2 Å². The quantitative estimate of drug-likeness (QED) is 0.800. The van der Waals surface area contributed by atoms with E-state index in [0.717, 1.165) is 12.4 Å². The van der Waals surface area contributed by atoms with Crippen LogP contribution in [0.15, 0.2) is 18.3 Å². The number of esters is 1. The van der Waals surface area contributed by atoms with Crippen molar-refractivity contribution in [3.05, 3.63) is 23.9 Å². The predicted octanol–water partition coefficient (Wildman–Crippen LogP) is 3.11. The molecule has 4 nitrogen and oxygen atoms in total. The van der Waals surface area contributed by atoms with Crippen molar-refractivity contribution < 1.29 is 9.53 Å². The highest BCUT2D eigenvalue weighted by molar-refractivity contribution is 5.89. The molecule has 2 rings (SSSR count). The summed E-state index contributed by atoms with van der Waals surface area (Å²) in [5.41, 5.74) is 0.944. The Morgan fingerprint density at radius 3 is 2.68 bits per heavy atom. The van der Waals surface area contributed by atoms with Crippen molar-refractivity contribution in [2.75, 3.05) is 18.5 Å². The largest absolute Gasteiger partial charge is 0.462 e. The fourth-order valence-corrected chi connectivity index (χ4v) is 2.22. The third-order valence-corrected chi connectivity index (χ3v) is 4.01. The van der Waals surface area contributed by atoms with Gasteiger partial charge in [-0.05, 0) is 43.2 Å². The van der Waals surface area contributed by atoms with Crippen LogP contribution >= 0.6 is 0 Å². The second-order valence-electron chi connectivity index (χ2n) is 5.52. The van der Waals surface area contributed by atoms with Crippen LogP contribution in [-0.2, 0) is 4.74 Å². The van der Waals surface area contributed by atoms with E-state index in [0.29, 0.717) is 23.5 Å². The number of ether oxygens (including phenoxy) is 1. The summed E-state index contributed by atoms with van der Waals surface area (Å²) in [5, 5.41) is 3.36. The molecule has 0 aromatic carbocycles. The van der Waals surface area contributed by atoms with E-state index in [1.54, 1.807) is 19.2 Å². The van der Waals surface area contributed by atoms with Crippen molar-refractivity contribution in [2.45, 2.75) is 33.6 Å². The Morgan fingerprint density at radius 1 is 1.47 bits per heavy atom. The fraction of sp³-hybridized carbons (Fsp3) is 0.600. The monoisotopic (exact) mass is 262 g/mol. The molecule has 4 heteroatoms. The van der Waals surface area contributed by atoms with Crippen LogP contribution in [-0.4, -0.2) is 24.1 Å². The minimum atomic E-state index is -0.317. The third kappa shape index (κ3) is 3.25. The predicted molar refractivity (Wildman–Crippen MR) is 75.2 cm³/mol. The number of rotatable bonds is 6. The smallest absolute Gasteiger partial charge is 0.339 e. The van der Waals surface area contributed by atoms with Crippen molar-refractivity contribution in [3.8, 4) is 0 Å². The van der Waals surface area contributed by atoms with E-state index in [9.17, 15) is 4.79 Å². The highest BCUT2D eigenvalue weighted by Gasteiger charge is 2.44. The van der Waals surface area contributed by atoms with Gasteiger partial charge in [0.25, 0.3) is 0 Å². The van der Waals surface area contributed by atoms with E-state index in [1.807, 2.05) is 6.07 Å². The molecule has 1 aromatic heterocycles. The molecule has 0 atom stereocenters. The molecule has 0 unspecified atom stereocenters. The van der Waals surface area contributed by atoms with Gasteiger partial charge in [0, 0.05) is 12.7 Å². The topological polar surface area (TPSA) is 51.2 Å². The number of hydrogen-bond acceptors (Lipinski definition) is 4. The number of nitrogens with one attached hydrogen (secondary N) is 1. The summed E-state index contributed by atoms with van der Waals surface area (Å²) >= 11 is 0. The second-order valence-corrected chi connectivity index (χ2v) is 5.52. The van der Waals surface area contributed by atoms with E-state index >= 15 is 0 Å². The molecule has 1 aromatic rings. The maximum Gasteiger partial charge on any atom is 0.339 e. The molecule has 1 aliphatic carbocycles. The van der Waals surface area contributed by atoms with Gasteiger partial charge in [0.2, 0.25) is 0 Å².